The van der Waals surface area contributed by atoms with Crippen LogP contribution in [0, 0.1) is 11.3 Å². The van der Waals surface area contributed by atoms with Gasteiger partial charge in [-0.2, -0.15) is 14.6 Å². The van der Waals surface area contributed by atoms with Gasteiger partial charge in [-0.1, -0.05) is 0 Å². The molecule has 0 aromatic carbocycles. The molecule has 190 valence electrons. The van der Waals surface area contributed by atoms with Gasteiger partial charge in [0.15, 0.2) is 5.03 Å². The van der Waals surface area contributed by atoms with E-state index in [1.165, 1.54) is 29.9 Å². The molecule has 2 atom stereocenters. The number of sulfonamides is 1. The third-order valence-electron chi connectivity index (χ3n) is 6.28. The van der Waals surface area contributed by atoms with Gasteiger partial charge < -0.3 is 19.7 Å². The molecule has 2 fully saturated rings. The Balaban J connectivity index is 1.41. The predicted molar refractivity (Wildman–Crippen MR) is 119 cm³/mol. The maximum absolute atomic E-state index is 13.7. The molecule has 2 N–H and O–H groups in total. The van der Waals surface area contributed by atoms with E-state index in [9.17, 15) is 27.6 Å². The summed E-state index contributed by atoms with van der Waals surface area (Å²) in [6.07, 6.45) is 2.87. The lowest BCUT2D eigenvalue weighted by molar-refractivity contribution is -0.162. The zero-order valence-electron chi connectivity index (χ0n) is 19.4. The van der Waals surface area contributed by atoms with Crippen LogP contribution in [0.4, 0.5) is 14.7 Å². The summed E-state index contributed by atoms with van der Waals surface area (Å²) in [7, 11) is -1.98. The molecule has 11 nitrogen and oxygen atoms in total. The van der Waals surface area contributed by atoms with Gasteiger partial charge in [-0.25, -0.2) is 27.2 Å². The summed E-state index contributed by atoms with van der Waals surface area (Å²) >= 11 is 0. The molecule has 14 heteroatoms. The van der Waals surface area contributed by atoms with Gasteiger partial charge in [0.2, 0.25) is 11.8 Å². The van der Waals surface area contributed by atoms with Crippen LogP contribution in [0.2, 0.25) is 0 Å². The number of aliphatic hydroxyl groups is 1. The molecular formula is C21H27F2N7O4S. The van der Waals surface area contributed by atoms with Gasteiger partial charge in [-0.05, 0) is 26.2 Å². The summed E-state index contributed by atoms with van der Waals surface area (Å²) in [5, 5.41) is 23.0. The Labute approximate surface area is 201 Å². The number of hydrogen-bond donors (Lipinski definition) is 2. The molecule has 1 saturated heterocycles. The van der Waals surface area contributed by atoms with Crippen molar-refractivity contribution in [1.82, 2.24) is 23.8 Å². The highest BCUT2D eigenvalue weighted by atomic mass is 32.2. The van der Waals surface area contributed by atoms with Gasteiger partial charge in [-0.3, -0.25) is 0 Å². The number of ether oxygens (including phenoxy) is 1. The first-order chi connectivity index (χ1) is 16.4. The van der Waals surface area contributed by atoms with Gasteiger partial charge in [0, 0.05) is 45.2 Å². The van der Waals surface area contributed by atoms with Crippen LogP contribution in [0.3, 0.4) is 0 Å². The SMILES string of the molecule is Cn1cnc(S(=O)(=O)N2CCC(Nc3ncc(C#N)c(O[C@H]4CCC(F)(F)C[C@@]4(C)O)n3)CC2)c1. The number of aryl methyl sites for hydroxylation is 1. The van der Waals surface area contributed by atoms with Crippen LogP contribution in [-0.2, 0) is 17.1 Å². The first-order valence-electron chi connectivity index (χ1n) is 11.2. The molecule has 0 amide bonds. The lowest BCUT2D eigenvalue weighted by Gasteiger charge is -2.40. The topological polar surface area (TPSA) is 146 Å². The highest BCUT2D eigenvalue weighted by molar-refractivity contribution is 7.89. The van der Waals surface area contributed by atoms with Crippen molar-refractivity contribution in [1.29, 1.82) is 5.26 Å². The maximum Gasteiger partial charge on any atom is 0.262 e. The van der Waals surface area contributed by atoms with Crippen LogP contribution in [0.1, 0.15) is 44.6 Å². The Kier molecular flexibility index (Phi) is 6.69. The van der Waals surface area contributed by atoms with Crippen LogP contribution >= 0.6 is 0 Å². The smallest absolute Gasteiger partial charge is 0.262 e. The van der Waals surface area contributed by atoms with Gasteiger partial charge >= 0.3 is 0 Å². The number of rotatable bonds is 6. The number of nitrogens with one attached hydrogen (secondary N) is 1. The Morgan fingerprint density at radius 2 is 2.00 bits per heavy atom. The van der Waals surface area contributed by atoms with Crippen LogP contribution in [0.5, 0.6) is 5.88 Å². The normalized spacial score (nSPS) is 25.7. The fourth-order valence-electron chi connectivity index (χ4n) is 4.38. The number of halogens is 2. The Morgan fingerprint density at radius 1 is 1.29 bits per heavy atom. The summed E-state index contributed by atoms with van der Waals surface area (Å²) in [6, 6.07) is 1.77. The molecule has 3 heterocycles. The minimum absolute atomic E-state index is 0.0000149. The van der Waals surface area contributed by atoms with E-state index in [0.717, 1.165) is 0 Å². The molecule has 2 aliphatic rings. The third kappa shape index (κ3) is 5.52. The monoisotopic (exact) mass is 511 g/mol. The number of alkyl halides is 2. The molecule has 1 aliphatic heterocycles. The summed E-state index contributed by atoms with van der Waals surface area (Å²) in [5.41, 5.74) is -1.78. The average molecular weight is 512 g/mol. The molecule has 2 aromatic rings. The third-order valence-corrected chi connectivity index (χ3v) is 8.07. The first-order valence-corrected chi connectivity index (χ1v) is 12.6. The van der Waals surface area contributed by atoms with Gasteiger partial charge in [0.1, 0.15) is 23.3 Å². The molecule has 1 saturated carbocycles. The van der Waals surface area contributed by atoms with Crippen LogP contribution in [-0.4, -0.2) is 74.1 Å². The summed E-state index contributed by atoms with van der Waals surface area (Å²) in [6.45, 7) is 1.83. The van der Waals surface area contributed by atoms with Crippen molar-refractivity contribution in [3.63, 3.8) is 0 Å². The second-order valence-corrected chi connectivity index (χ2v) is 11.1. The standard InChI is InChI=1S/C21H27F2N7O4S/c1-20(31)12-21(22,23)6-3-16(20)34-18-14(9-24)10-25-19(28-18)27-15-4-7-30(8-5-15)35(32,33)17-11-29(2)13-26-17/h10-11,13,15-16,31H,3-8,12H2,1-2H3,(H,25,27,28)/t16-,20+/m0/s1. The molecule has 4 rings (SSSR count). The number of anilines is 1. The van der Waals surface area contributed by atoms with E-state index < -0.39 is 40.5 Å². The van der Waals surface area contributed by atoms with Crippen molar-refractivity contribution in [3.8, 4) is 11.9 Å². The molecule has 1 aliphatic carbocycles. The van der Waals surface area contributed by atoms with Crippen LogP contribution in [0.25, 0.3) is 0 Å². The fraction of sp³-hybridized carbons (Fsp3) is 0.619. The van der Waals surface area contributed by atoms with Gasteiger partial charge in [0.25, 0.3) is 15.9 Å². The number of nitriles is 1. The zero-order chi connectivity index (χ0) is 25.4. The fourth-order valence-corrected chi connectivity index (χ4v) is 5.82. The van der Waals surface area contributed by atoms with Crippen molar-refractivity contribution >= 4 is 16.0 Å². The Hall–Kier alpha value is -2.89. The molecule has 0 radical (unpaired) electrons. The van der Waals surface area contributed by atoms with E-state index in [1.54, 1.807) is 11.6 Å². The van der Waals surface area contributed by atoms with Crippen molar-refractivity contribution in [2.45, 2.75) is 67.7 Å². The van der Waals surface area contributed by atoms with E-state index >= 15 is 0 Å². The minimum Gasteiger partial charge on any atom is -0.470 e. The zero-order valence-corrected chi connectivity index (χ0v) is 20.2. The van der Waals surface area contributed by atoms with Crippen molar-refractivity contribution in [3.05, 3.63) is 24.3 Å². The number of aromatic nitrogens is 4. The number of piperidine rings is 1. The van der Waals surface area contributed by atoms with E-state index in [0.29, 0.717) is 12.8 Å². The number of hydrogen-bond acceptors (Lipinski definition) is 9. The van der Waals surface area contributed by atoms with E-state index in [4.69, 9.17) is 4.74 Å². The molecule has 0 spiro atoms. The Bertz CT molecular complexity index is 1220. The largest absolute Gasteiger partial charge is 0.470 e. The second-order valence-electron chi connectivity index (χ2n) is 9.26. The molecule has 35 heavy (non-hydrogen) atoms. The van der Waals surface area contributed by atoms with E-state index in [-0.39, 0.29) is 48.0 Å². The average Bonchev–Trinajstić information content (AvgIpc) is 3.23. The van der Waals surface area contributed by atoms with Crippen LogP contribution < -0.4 is 10.1 Å². The highest BCUT2D eigenvalue weighted by Gasteiger charge is 2.49. The van der Waals surface area contributed by atoms with Crippen molar-refractivity contribution in [2.75, 3.05) is 18.4 Å². The Morgan fingerprint density at radius 3 is 2.60 bits per heavy atom. The summed E-state index contributed by atoms with van der Waals surface area (Å²) in [4.78, 5) is 12.3. The minimum atomic E-state index is -3.68. The summed E-state index contributed by atoms with van der Waals surface area (Å²) < 4.78 is 61.7. The first kappa shape index (κ1) is 25.2. The second kappa shape index (κ2) is 9.29. The summed E-state index contributed by atoms with van der Waals surface area (Å²) in [5.74, 6) is -2.93. The van der Waals surface area contributed by atoms with Gasteiger partial charge in [-0.15, -0.1) is 0 Å². The van der Waals surface area contributed by atoms with Crippen molar-refractivity contribution in [2.24, 2.45) is 7.05 Å². The molecular weight excluding hydrogens is 484 g/mol. The predicted octanol–water partition coefficient (Wildman–Crippen LogP) is 1.66. The number of nitrogens with zero attached hydrogens (tertiary/aromatic N) is 6. The lowest BCUT2D eigenvalue weighted by Crippen LogP contribution is -2.51. The van der Waals surface area contributed by atoms with Crippen molar-refractivity contribution < 1.29 is 27.0 Å². The molecule has 0 bridgehead atoms. The maximum atomic E-state index is 13.7. The number of imidazole rings is 1. The van der Waals surface area contributed by atoms with Gasteiger partial charge in [0.05, 0.1) is 12.5 Å². The molecule has 2 aromatic heterocycles. The quantitative estimate of drug-likeness (QED) is 0.591. The van der Waals surface area contributed by atoms with Crippen LogP contribution in [0.15, 0.2) is 23.7 Å². The molecule has 0 unspecified atom stereocenters. The van der Waals surface area contributed by atoms with E-state index in [2.05, 4.69) is 20.3 Å². The lowest BCUT2D eigenvalue weighted by atomic mass is 9.81. The van der Waals surface area contributed by atoms with E-state index in [1.807, 2.05) is 6.07 Å². The highest BCUT2D eigenvalue weighted by Crippen LogP contribution is 2.41.